The molecule has 7 aromatic carbocycles. The molecule has 1 N–H and O–H groups in total. The van der Waals surface area contributed by atoms with Gasteiger partial charge in [0.05, 0.1) is 5.52 Å². The van der Waals surface area contributed by atoms with Gasteiger partial charge in [-0.25, -0.2) is 0 Å². The highest BCUT2D eigenvalue weighted by atomic mass is 15.3. The van der Waals surface area contributed by atoms with E-state index in [-0.39, 0.29) is 0 Å². The summed E-state index contributed by atoms with van der Waals surface area (Å²) in [6.45, 7) is 4.49. The summed E-state index contributed by atoms with van der Waals surface area (Å²) in [5.74, 6) is 0. The number of aromatic nitrogens is 4. The lowest BCUT2D eigenvalue weighted by Crippen LogP contribution is -2.06. The topological polar surface area (TPSA) is 54.5 Å². The van der Waals surface area contributed by atoms with Gasteiger partial charge >= 0.3 is 0 Å². The van der Waals surface area contributed by atoms with Crippen LogP contribution in [0.3, 0.4) is 0 Å². The molecular formula is C48H34N4. The van der Waals surface area contributed by atoms with E-state index >= 15 is 0 Å². The molecule has 4 heteroatoms. The molecular weight excluding hydrogens is 633 g/mol. The molecule has 0 bridgehead atoms. The average molecular weight is 667 g/mol. The van der Waals surface area contributed by atoms with Gasteiger partial charge in [-0.2, -0.15) is 0 Å². The van der Waals surface area contributed by atoms with Gasteiger partial charge in [0.2, 0.25) is 0 Å². The molecule has 0 saturated carbocycles. The van der Waals surface area contributed by atoms with Gasteiger partial charge in [0.15, 0.2) is 0 Å². The van der Waals surface area contributed by atoms with Gasteiger partial charge in [0.25, 0.3) is 0 Å². The minimum absolute atomic E-state index is 0.815. The molecule has 0 radical (unpaired) electrons. The van der Waals surface area contributed by atoms with Crippen LogP contribution in [0.5, 0.6) is 0 Å². The predicted molar refractivity (Wildman–Crippen MR) is 214 cm³/mol. The van der Waals surface area contributed by atoms with E-state index in [0.29, 0.717) is 0 Å². The largest absolute Gasteiger partial charge is 0.354 e. The molecule has 0 amide bonds. The Hall–Kier alpha value is -6.65. The first kappa shape index (κ1) is 30.2. The summed E-state index contributed by atoms with van der Waals surface area (Å²) >= 11 is 0. The van der Waals surface area contributed by atoms with E-state index < -0.39 is 0 Å². The zero-order valence-corrected chi connectivity index (χ0v) is 29.0. The third-order valence-electron chi connectivity index (χ3n) is 10.9. The van der Waals surface area contributed by atoms with Crippen LogP contribution in [0.15, 0.2) is 152 Å². The minimum Gasteiger partial charge on any atom is -0.354 e. The summed E-state index contributed by atoms with van der Waals surface area (Å²) < 4.78 is 0. The molecule has 2 heterocycles. The van der Waals surface area contributed by atoms with Crippen molar-refractivity contribution in [1.29, 1.82) is 0 Å². The third kappa shape index (κ3) is 4.65. The number of para-hydroxylation sites is 1. The van der Waals surface area contributed by atoms with Crippen molar-refractivity contribution in [2.24, 2.45) is 0 Å². The molecule has 0 fully saturated rings. The lowest BCUT2D eigenvalue weighted by atomic mass is 9.82. The fraction of sp³-hybridized carbons (Fsp3) is 0.0625. The first-order valence-electron chi connectivity index (χ1n) is 17.8. The van der Waals surface area contributed by atoms with Crippen molar-refractivity contribution in [2.45, 2.75) is 20.3 Å². The summed E-state index contributed by atoms with van der Waals surface area (Å²) in [7, 11) is 0. The van der Waals surface area contributed by atoms with Gasteiger partial charge in [-0.05, 0) is 92.7 Å². The molecule has 0 aliphatic heterocycles. The van der Waals surface area contributed by atoms with E-state index in [1.54, 1.807) is 0 Å². The molecule has 0 atom stereocenters. The normalized spacial score (nSPS) is 12.0. The number of benzene rings is 7. The smallest absolute Gasteiger partial charge is 0.108 e. The average Bonchev–Trinajstić information content (AvgIpc) is 3.77. The molecule has 52 heavy (non-hydrogen) atoms. The van der Waals surface area contributed by atoms with Crippen LogP contribution in [-0.4, -0.2) is 20.4 Å². The monoisotopic (exact) mass is 666 g/mol. The van der Waals surface area contributed by atoms with Crippen molar-refractivity contribution < 1.29 is 0 Å². The third-order valence-corrected chi connectivity index (χ3v) is 10.9. The van der Waals surface area contributed by atoms with Crippen LogP contribution >= 0.6 is 0 Å². The highest BCUT2D eigenvalue weighted by Crippen LogP contribution is 2.51. The molecule has 0 spiro atoms. The number of hydrogen-bond donors (Lipinski definition) is 1. The highest BCUT2D eigenvalue weighted by molar-refractivity contribution is 6.16. The van der Waals surface area contributed by atoms with Crippen molar-refractivity contribution in [3.63, 3.8) is 0 Å². The van der Waals surface area contributed by atoms with Crippen LogP contribution in [0, 0.1) is 13.8 Å². The molecule has 246 valence electrons. The molecule has 9 aromatic rings. The van der Waals surface area contributed by atoms with E-state index in [4.69, 9.17) is 10.2 Å². The molecule has 0 unspecified atom stereocenters. The maximum absolute atomic E-state index is 5.08. The van der Waals surface area contributed by atoms with Gasteiger partial charge < -0.3 is 4.98 Å². The first-order valence-corrected chi connectivity index (χ1v) is 17.8. The maximum atomic E-state index is 5.08. The number of fused-ring (bicyclic) bond motifs is 6. The Balaban J connectivity index is 1.38. The lowest BCUT2D eigenvalue weighted by molar-refractivity contribution is 0.878. The van der Waals surface area contributed by atoms with Gasteiger partial charge in [-0.3, -0.25) is 0 Å². The highest BCUT2D eigenvalue weighted by Gasteiger charge is 2.31. The summed E-state index contributed by atoms with van der Waals surface area (Å²) in [5, 5.41) is 17.0. The number of nitrogens with one attached hydrogen (secondary N) is 1. The summed E-state index contributed by atoms with van der Waals surface area (Å²) in [6.07, 6.45) is 0.839. The standard InChI is InChI=1S/C48H34N4/c1-29-27-40-35-21-10-9-19-33(35)28-41(40)43(30(29)2)45-47(38-23-12-11-20-34(38)31-15-5-3-6-16-31)50-52-51-48(45)44-36(32-17-7-4-8-18-32)25-26-39-37-22-13-14-24-42(37)49-46(39)44/h3-27,49H,28H2,1-2H3. The Labute approximate surface area is 302 Å². The SMILES string of the molecule is Cc1cc2c(c(-c3c(-c4ccccc4-c4ccccc4)nnnc3-c3c(-c4ccccc4)ccc4c3[nH]c3ccccc34)c1C)Cc1ccccc1-2. The molecule has 1 aliphatic carbocycles. The number of H-pyrrole nitrogens is 1. The Bertz CT molecular complexity index is 2830. The second-order valence-corrected chi connectivity index (χ2v) is 13.8. The van der Waals surface area contributed by atoms with Crippen LogP contribution in [-0.2, 0) is 6.42 Å². The molecule has 2 aromatic heterocycles. The van der Waals surface area contributed by atoms with Crippen molar-refractivity contribution in [1.82, 2.24) is 20.4 Å². The van der Waals surface area contributed by atoms with Gasteiger partial charge in [-0.15, -0.1) is 10.2 Å². The number of hydrogen-bond acceptors (Lipinski definition) is 3. The number of aryl methyl sites for hydroxylation is 1. The Morgan fingerprint density at radius 3 is 1.90 bits per heavy atom. The fourth-order valence-electron chi connectivity index (χ4n) is 8.37. The minimum atomic E-state index is 0.815. The first-order chi connectivity index (χ1) is 25.7. The lowest BCUT2D eigenvalue weighted by Gasteiger charge is -2.22. The number of nitrogens with zero attached hydrogens (tertiary/aromatic N) is 3. The van der Waals surface area contributed by atoms with Crippen molar-refractivity contribution in [2.75, 3.05) is 0 Å². The summed E-state index contributed by atoms with van der Waals surface area (Å²) in [5.41, 5.74) is 20.1. The molecule has 1 aliphatic rings. The van der Waals surface area contributed by atoms with E-state index in [9.17, 15) is 0 Å². The van der Waals surface area contributed by atoms with Crippen LogP contribution in [0.1, 0.15) is 22.3 Å². The number of rotatable bonds is 5. The zero-order chi connectivity index (χ0) is 34.8. The summed E-state index contributed by atoms with van der Waals surface area (Å²) in [4.78, 5) is 3.83. The van der Waals surface area contributed by atoms with E-state index in [1.165, 1.54) is 44.3 Å². The zero-order valence-electron chi connectivity index (χ0n) is 29.0. The van der Waals surface area contributed by atoms with Crippen LogP contribution < -0.4 is 0 Å². The second kappa shape index (κ2) is 12.0. The Kier molecular flexibility index (Phi) is 6.97. The predicted octanol–water partition coefficient (Wildman–Crippen LogP) is 12.0. The van der Waals surface area contributed by atoms with Crippen LogP contribution in [0.4, 0.5) is 0 Å². The molecule has 10 rings (SSSR count). The quantitative estimate of drug-likeness (QED) is 0.199. The van der Waals surface area contributed by atoms with Gasteiger partial charge in [0, 0.05) is 33.0 Å². The Morgan fingerprint density at radius 1 is 0.481 bits per heavy atom. The molecule has 0 saturated heterocycles. The van der Waals surface area contributed by atoms with Crippen molar-refractivity contribution >= 4 is 21.8 Å². The van der Waals surface area contributed by atoms with Gasteiger partial charge in [-0.1, -0.05) is 146 Å². The van der Waals surface area contributed by atoms with Crippen LogP contribution in [0.2, 0.25) is 0 Å². The van der Waals surface area contributed by atoms with Gasteiger partial charge in [0.1, 0.15) is 11.4 Å². The van der Waals surface area contributed by atoms with E-state index in [0.717, 1.165) is 73.2 Å². The van der Waals surface area contributed by atoms with Crippen molar-refractivity contribution in [3.8, 4) is 67.0 Å². The second-order valence-electron chi connectivity index (χ2n) is 13.8. The van der Waals surface area contributed by atoms with E-state index in [2.05, 4.69) is 176 Å². The van der Waals surface area contributed by atoms with E-state index in [1.807, 2.05) is 0 Å². The Morgan fingerprint density at radius 2 is 1.12 bits per heavy atom. The molecule has 4 nitrogen and oxygen atoms in total. The summed E-state index contributed by atoms with van der Waals surface area (Å²) in [6, 6.07) is 54.0. The van der Waals surface area contributed by atoms with Crippen LogP contribution in [0.25, 0.3) is 88.8 Å². The number of aromatic amines is 1. The fourth-order valence-corrected chi connectivity index (χ4v) is 8.37. The van der Waals surface area contributed by atoms with Crippen molar-refractivity contribution in [3.05, 3.63) is 174 Å². The maximum Gasteiger partial charge on any atom is 0.108 e.